The normalized spacial score (nSPS) is 11.2. The molecule has 0 saturated heterocycles. The van der Waals surface area contributed by atoms with Crippen molar-refractivity contribution in [2.45, 2.75) is 26.9 Å². The molecular weight excluding hydrogens is 373 g/mol. The maximum atomic E-state index is 9.69. The molecule has 2 aromatic carbocycles. The first-order chi connectivity index (χ1) is 13.4. The van der Waals surface area contributed by atoms with Gasteiger partial charge in [-0.15, -0.1) is 11.3 Å². The summed E-state index contributed by atoms with van der Waals surface area (Å²) in [6, 6.07) is 13.5. The molecule has 0 fully saturated rings. The van der Waals surface area contributed by atoms with Gasteiger partial charge in [0.1, 0.15) is 5.75 Å². The maximum absolute atomic E-state index is 9.69. The van der Waals surface area contributed by atoms with E-state index >= 15 is 0 Å². The van der Waals surface area contributed by atoms with Crippen LogP contribution >= 0.6 is 11.3 Å². The zero-order valence-corrected chi connectivity index (χ0v) is 16.8. The number of ether oxygens (including phenoxy) is 1. The van der Waals surface area contributed by atoms with Crippen molar-refractivity contribution in [1.29, 1.82) is 0 Å². The highest BCUT2D eigenvalue weighted by Gasteiger charge is 2.21. The lowest BCUT2D eigenvalue weighted by atomic mass is 9.77. The van der Waals surface area contributed by atoms with Gasteiger partial charge in [0.2, 0.25) is 5.13 Å². The molecule has 144 valence electrons. The van der Waals surface area contributed by atoms with Crippen molar-refractivity contribution >= 4 is 35.3 Å². The summed E-state index contributed by atoms with van der Waals surface area (Å²) < 4.78 is 5.81. The number of nitrogens with zero attached hydrogens (tertiary/aromatic N) is 2. The standard InChI is InChI=1S/C20H22BN3O3S/c1-13(2)27-19-16(9-14(3)10-17(19)21(25)26)11-22-24-20-23-18(12-28-20)15-7-5-4-6-8-15/h4-13,25-26H,1-3H3,(H,23,24). The van der Waals surface area contributed by atoms with Gasteiger partial charge in [-0.25, -0.2) is 4.98 Å². The molecule has 1 heterocycles. The van der Waals surface area contributed by atoms with Crippen LogP contribution in [0.4, 0.5) is 5.13 Å². The van der Waals surface area contributed by atoms with E-state index < -0.39 is 7.12 Å². The van der Waals surface area contributed by atoms with E-state index in [-0.39, 0.29) is 6.10 Å². The van der Waals surface area contributed by atoms with E-state index in [1.54, 1.807) is 12.3 Å². The van der Waals surface area contributed by atoms with Crippen LogP contribution in [0.25, 0.3) is 11.3 Å². The number of benzene rings is 2. The number of aryl methyl sites for hydroxylation is 1. The zero-order chi connectivity index (χ0) is 20.1. The summed E-state index contributed by atoms with van der Waals surface area (Å²) >= 11 is 1.46. The first-order valence-corrected chi connectivity index (χ1v) is 9.79. The third-order valence-corrected chi connectivity index (χ3v) is 4.61. The summed E-state index contributed by atoms with van der Waals surface area (Å²) in [4.78, 5) is 4.53. The van der Waals surface area contributed by atoms with Gasteiger partial charge < -0.3 is 14.8 Å². The molecule has 3 aromatic rings. The van der Waals surface area contributed by atoms with E-state index in [1.165, 1.54) is 11.3 Å². The van der Waals surface area contributed by atoms with E-state index in [9.17, 15) is 10.0 Å². The third-order valence-electron chi connectivity index (χ3n) is 3.86. The summed E-state index contributed by atoms with van der Waals surface area (Å²) in [5, 5.41) is 26.3. The molecule has 6 nitrogen and oxygen atoms in total. The second-order valence-corrected chi connectivity index (χ2v) is 7.44. The average molecular weight is 395 g/mol. The van der Waals surface area contributed by atoms with Crippen LogP contribution in [0.1, 0.15) is 25.0 Å². The Morgan fingerprint density at radius 3 is 2.64 bits per heavy atom. The monoisotopic (exact) mass is 395 g/mol. The molecule has 0 radical (unpaired) electrons. The van der Waals surface area contributed by atoms with Gasteiger partial charge in [0, 0.05) is 22.0 Å². The van der Waals surface area contributed by atoms with Gasteiger partial charge >= 0.3 is 7.12 Å². The van der Waals surface area contributed by atoms with Crippen molar-refractivity contribution in [1.82, 2.24) is 4.98 Å². The van der Waals surface area contributed by atoms with Crippen LogP contribution in [-0.2, 0) is 0 Å². The Morgan fingerprint density at radius 1 is 1.21 bits per heavy atom. The molecule has 0 saturated carbocycles. The van der Waals surface area contributed by atoms with Crippen LogP contribution in [0.15, 0.2) is 52.9 Å². The summed E-state index contributed by atoms with van der Waals surface area (Å²) in [7, 11) is -1.62. The van der Waals surface area contributed by atoms with Gasteiger partial charge in [0.25, 0.3) is 0 Å². The molecule has 1 aromatic heterocycles. The fourth-order valence-corrected chi connectivity index (χ4v) is 3.38. The first-order valence-electron chi connectivity index (χ1n) is 8.91. The Labute approximate surface area is 168 Å². The van der Waals surface area contributed by atoms with Gasteiger partial charge in [0.05, 0.1) is 18.0 Å². The van der Waals surface area contributed by atoms with Crippen molar-refractivity contribution in [3.8, 4) is 17.0 Å². The summed E-state index contributed by atoms with van der Waals surface area (Å²) in [6.45, 7) is 5.64. The number of nitrogens with one attached hydrogen (secondary N) is 1. The van der Waals surface area contributed by atoms with Crippen LogP contribution in [-0.4, -0.2) is 34.5 Å². The van der Waals surface area contributed by atoms with E-state index in [0.717, 1.165) is 16.8 Å². The lowest BCUT2D eigenvalue weighted by Gasteiger charge is -2.17. The van der Waals surface area contributed by atoms with Gasteiger partial charge in [-0.05, 0) is 26.8 Å². The predicted molar refractivity (Wildman–Crippen MR) is 116 cm³/mol. The van der Waals surface area contributed by atoms with Gasteiger partial charge in [0.15, 0.2) is 0 Å². The number of anilines is 1. The minimum absolute atomic E-state index is 0.118. The number of hydrogen-bond donors (Lipinski definition) is 3. The molecule has 0 atom stereocenters. The predicted octanol–water partition coefficient (Wildman–Crippen LogP) is 3.03. The highest BCUT2D eigenvalue weighted by molar-refractivity contribution is 7.14. The maximum Gasteiger partial charge on any atom is 0.492 e. The summed E-state index contributed by atoms with van der Waals surface area (Å²) in [6.07, 6.45) is 1.48. The van der Waals surface area contributed by atoms with E-state index in [0.29, 0.717) is 21.9 Å². The molecule has 28 heavy (non-hydrogen) atoms. The fraction of sp³-hybridized carbons (Fsp3) is 0.200. The smallest absolute Gasteiger partial charge is 0.491 e. The van der Waals surface area contributed by atoms with Crippen molar-refractivity contribution in [2.75, 3.05) is 5.43 Å². The number of hydrogen-bond acceptors (Lipinski definition) is 7. The molecule has 3 rings (SSSR count). The lowest BCUT2D eigenvalue weighted by Crippen LogP contribution is -2.33. The highest BCUT2D eigenvalue weighted by atomic mass is 32.1. The fourth-order valence-electron chi connectivity index (χ4n) is 2.71. The molecule has 0 amide bonds. The molecular formula is C20H22BN3O3S. The second-order valence-electron chi connectivity index (χ2n) is 6.59. The van der Waals surface area contributed by atoms with Crippen molar-refractivity contribution in [3.05, 3.63) is 59.0 Å². The van der Waals surface area contributed by atoms with E-state index in [4.69, 9.17) is 4.74 Å². The molecule has 0 aliphatic rings. The number of hydrazone groups is 1. The minimum atomic E-state index is -1.62. The Bertz CT molecular complexity index is 959. The number of thiazole rings is 1. The largest absolute Gasteiger partial charge is 0.492 e. The lowest BCUT2D eigenvalue weighted by molar-refractivity contribution is 0.243. The molecule has 0 aliphatic heterocycles. The first kappa shape index (κ1) is 20.1. The molecule has 8 heteroatoms. The minimum Gasteiger partial charge on any atom is -0.491 e. The summed E-state index contributed by atoms with van der Waals surface area (Å²) in [5.41, 5.74) is 6.70. The highest BCUT2D eigenvalue weighted by Crippen LogP contribution is 2.24. The van der Waals surface area contributed by atoms with Crippen LogP contribution in [0.5, 0.6) is 5.75 Å². The Kier molecular flexibility index (Phi) is 6.46. The van der Waals surface area contributed by atoms with Crippen molar-refractivity contribution in [2.24, 2.45) is 5.10 Å². The topological polar surface area (TPSA) is 87.0 Å². The van der Waals surface area contributed by atoms with Crippen LogP contribution in [0.2, 0.25) is 0 Å². The van der Waals surface area contributed by atoms with Gasteiger partial charge in [-0.3, -0.25) is 5.43 Å². The Balaban J connectivity index is 1.81. The third kappa shape index (κ3) is 4.98. The number of aromatic nitrogens is 1. The quantitative estimate of drug-likeness (QED) is 0.325. The molecule has 0 unspecified atom stereocenters. The SMILES string of the molecule is Cc1cc(C=NNc2nc(-c3ccccc3)cs2)c(OC(C)C)c(B(O)O)c1. The zero-order valence-electron chi connectivity index (χ0n) is 16.0. The number of rotatable bonds is 7. The van der Waals surface area contributed by atoms with Crippen molar-refractivity contribution in [3.63, 3.8) is 0 Å². The Morgan fingerprint density at radius 2 is 1.96 bits per heavy atom. The summed E-state index contributed by atoms with van der Waals surface area (Å²) in [5.74, 6) is 0.408. The molecule has 0 spiro atoms. The van der Waals surface area contributed by atoms with E-state index in [1.807, 2.05) is 62.5 Å². The molecule has 3 N–H and O–H groups in total. The second kappa shape index (κ2) is 9.01. The van der Waals surface area contributed by atoms with Gasteiger partial charge in [-0.2, -0.15) is 5.10 Å². The van der Waals surface area contributed by atoms with Crippen LogP contribution < -0.4 is 15.6 Å². The van der Waals surface area contributed by atoms with Crippen LogP contribution in [0.3, 0.4) is 0 Å². The Hall–Kier alpha value is -2.68. The van der Waals surface area contributed by atoms with Crippen molar-refractivity contribution < 1.29 is 14.8 Å². The van der Waals surface area contributed by atoms with Gasteiger partial charge in [-0.1, -0.05) is 42.0 Å². The molecule has 0 bridgehead atoms. The molecule has 0 aliphatic carbocycles. The van der Waals surface area contributed by atoms with Crippen LogP contribution in [0, 0.1) is 6.92 Å². The van der Waals surface area contributed by atoms with E-state index in [2.05, 4.69) is 15.5 Å². The average Bonchev–Trinajstić information content (AvgIpc) is 3.12.